The lowest BCUT2D eigenvalue weighted by Gasteiger charge is -2.30. The predicted molar refractivity (Wildman–Crippen MR) is 86.4 cm³/mol. The Labute approximate surface area is 125 Å². The summed E-state index contributed by atoms with van der Waals surface area (Å²) in [5.41, 5.74) is 8.95. The van der Waals surface area contributed by atoms with E-state index in [2.05, 4.69) is 6.92 Å². The lowest BCUT2D eigenvalue weighted by atomic mass is 10.00. The number of carbonyl (C=O) groups is 1. The zero-order valence-corrected chi connectivity index (χ0v) is 12.9. The minimum Gasteiger partial charge on any atom is -0.398 e. The Balaban J connectivity index is 0.00000180. The molecule has 5 heteroatoms. The Kier molecular flexibility index (Phi) is 6.52. The van der Waals surface area contributed by atoms with Crippen molar-refractivity contribution in [3.8, 4) is 0 Å². The van der Waals surface area contributed by atoms with Gasteiger partial charge in [0.15, 0.2) is 0 Å². The Morgan fingerprint density at radius 2 is 2.26 bits per heavy atom. The van der Waals surface area contributed by atoms with Crippen molar-refractivity contribution >= 4 is 41.5 Å². The number of nitrogens with zero attached hydrogens (tertiary/aromatic N) is 1. The molecule has 1 aromatic rings. The number of amides is 1. The van der Waals surface area contributed by atoms with Crippen molar-refractivity contribution in [2.75, 3.05) is 28.7 Å². The fourth-order valence-corrected chi connectivity index (χ4v) is 3.06. The first-order valence-corrected chi connectivity index (χ1v) is 7.65. The third kappa shape index (κ3) is 3.80. The lowest BCUT2D eigenvalue weighted by molar-refractivity contribution is -0.116. The van der Waals surface area contributed by atoms with Gasteiger partial charge in [0.1, 0.15) is 0 Å². The van der Waals surface area contributed by atoms with E-state index in [9.17, 15) is 4.79 Å². The number of nitrogen functional groups attached to an aromatic ring is 1. The molecule has 2 N–H and O–H groups in total. The highest BCUT2D eigenvalue weighted by molar-refractivity contribution is 7.99. The number of carbonyl (C=O) groups excluding carboxylic acids is 1. The lowest BCUT2D eigenvalue weighted by Crippen LogP contribution is -2.37. The summed E-state index contributed by atoms with van der Waals surface area (Å²) < 4.78 is 0. The van der Waals surface area contributed by atoms with Crippen molar-refractivity contribution in [2.24, 2.45) is 0 Å². The number of anilines is 2. The molecule has 1 aliphatic heterocycles. The van der Waals surface area contributed by atoms with E-state index in [0.717, 1.165) is 48.5 Å². The highest BCUT2D eigenvalue weighted by Gasteiger charge is 2.23. The number of fused-ring (bicyclic) bond motifs is 1. The number of benzene rings is 1. The molecule has 0 fully saturated rings. The summed E-state index contributed by atoms with van der Waals surface area (Å²) in [4.78, 5) is 14.1. The first-order valence-electron chi connectivity index (χ1n) is 6.49. The number of thioether (sulfide) groups is 1. The summed E-state index contributed by atoms with van der Waals surface area (Å²) in [5.74, 6) is 1.82. The van der Waals surface area contributed by atoms with Crippen LogP contribution < -0.4 is 10.6 Å². The summed E-state index contributed by atoms with van der Waals surface area (Å²) in [6, 6.07) is 5.85. The van der Waals surface area contributed by atoms with Gasteiger partial charge in [-0.1, -0.05) is 13.0 Å². The molecular formula is C14H21ClN2OS. The molecule has 1 aromatic carbocycles. The zero-order valence-electron chi connectivity index (χ0n) is 11.2. The summed E-state index contributed by atoms with van der Waals surface area (Å²) in [7, 11) is 0. The van der Waals surface area contributed by atoms with Gasteiger partial charge in [-0.05, 0) is 42.7 Å². The van der Waals surface area contributed by atoms with Gasteiger partial charge in [0.25, 0.3) is 0 Å². The van der Waals surface area contributed by atoms with E-state index < -0.39 is 0 Å². The smallest absolute Gasteiger partial charge is 0.236 e. The Morgan fingerprint density at radius 3 is 3.00 bits per heavy atom. The van der Waals surface area contributed by atoms with Gasteiger partial charge in [0, 0.05) is 17.9 Å². The van der Waals surface area contributed by atoms with Crippen LogP contribution in [-0.4, -0.2) is 24.0 Å². The minimum atomic E-state index is 0. The maximum atomic E-state index is 12.2. The third-order valence-electron chi connectivity index (χ3n) is 3.16. The molecule has 106 valence electrons. The van der Waals surface area contributed by atoms with E-state index in [1.165, 1.54) is 0 Å². The van der Waals surface area contributed by atoms with Crippen molar-refractivity contribution in [3.05, 3.63) is 23.8 Å². The van der Waals surface area contributed by atoms with Crippen LogP contribution in [0.3, 0.4) is 0 Å². The SMILES string of the molecule is CCCSCC(=O)N1CCCc2c(N)cccc21.Cl. The molecule has 2 rings (SSSR count). The van der Waals surface area contributed by atoms with Gasteiger partial charge in [0.2, 0.25) is 5.91 Å². The zero-order chi connectivity index (χ0) is 13.0. The van der Waals surface area contributed by atoms with Crippen molar-refractivity contribution in [1.29, 1.82) is 0 Å². The highest BCUT2D eigenvalue weighted by Crippen LogP contribution is 2.31. The fraction of sp³-hybridized carbons (Fsp3) is 0.500. The molecule has 0 aliphatic carbocycles. The first kappa shape index (κ1) is 16.2. The fourth-order valence-electron chi connectivity index (χ4n) is 2.29. The predicted octanol–water partition coefficient (Wildman–Crippen LogP) is 3.11. The molecule has 0 radical (unpaired) electrons. The number of hydrogen-bond acceptors (Lipinski definition) is 3. The first-order chi connectivity index (χ1) is 8.74. The van der Waals surface area contributed by atoms with E-state index in [-0.39, 0.29) is 18.3 Å². The summed E-state index contributed by atoms with van der Waals surface area (Å²) in [6.45, 7) is 2.95. The Hall–Kier alpha value is -0.870. The van der Waals surface area contributed by atoms with Crippen LogP contribution in [0.4, 0.5) is 11.4 Å². The quantitative estimate of drug-likeness (QED) is 0.686. The van der Waals surface area contributed by atoms with Gasteiger partial charge in [-0.25, -0.2) is 0 Å². The van der Waals surface area contributed by atoms with Gasteiger partial charge >= 0.3 is 0 Å². The van der Waals surface area contributed by atoms with Crippen LogP contribution in [0.25, 0.3) is 0 Å². The molecule has 1 amide bonds. The monoisotopic (exact) mass is 300 g/mol. The van der Waals surface area contributed by atoms with Crippen molar-refractivity contribution in [1.82, 2.24) is 0 Å². The number of hydrogen-bond donors (Lipinski definition) is 1. The molecule has 3 nitrogen and oxygen atoms in total. The van der Waals surface area contributed by atoms with E-state index >= 15 is 0 Å². The number of halogens is 1. The molecule has 0 atom stereocenters. The van der Waals surface area contributed by atoms with Crippen LogP contribution in [0, 0.1) is 0 Å². The van der Waals surface area contributed by atoms with Crippen LogP contribution >= 0.6 is 24.2 Å². The topological polar surface area (TPSA) is 46.3 Å². The van der Waals surface area contributed by atoms with Crippen molar-refractivity contribution in [3.63, 3.8) is 0 Å². The molecule has 1 heterocycles. The second kappa shape index (κ2) is 7.65. The van der Waals surface area contributed by atoms with Crippen LogP contribution in [0.15, 0.2) is 18.2 Å². The molecule has 0 saturated heterocycles. The van der Waals surface area contributed by atoms with E-state index in [1.807, 2.05) is 23.1 Å². The van der Waals surface area contributed by atoms with E-state index in [4.69, 9.17) is 5.73 Å². The number of nitrogens with two attached hydrogens (primary N) is 1. The van der Waals surface area contributed by atoms with E-state index in [0.29, 0.717) is 5.75 Å². The van der Waals surface area contributed by atoms with Crippen LogP contribution in [0.5, 0.6) is 0 Å². The molecule has 0 bridgehead atoms. The molecular weight excluding hydrogens is 280 g/mol. The Morgan fingerprint density at radius 1 is 1.47 bits per heavy atom. The van der Waals surface area contributed by atoms with Gasteiger partial charge in [-0.2, -0.15) is 11.8 Å². The standard InChI is InChI=1S/C14H20N2OS.ClH/c1-2-9-18-10-14(17)16-8-4-5-11-12(15)6-3-7-13(11)16;/h3,6-7H,2,4-5,8-10,15H2,1H3;1H. The second-order valence-electron chi connectivity index (χ2n) is 4.55. The molecule has 0 unspecified atom stereocenters. The molecule has 1 aliphatic rings. The summed E-state index contributed by atoms with van der Waals surface area (Å²) in [5, 5.41) is 0. The van der Waals surface area contributed by atoms with E-state index in [1.54, 1.807) is 11.8 Å². The maximum absolute atomic E-state index is 12.2. The van der Waals surface area contributed by atoms with Crippen LogP contribution in [-0.2, 0) is 11.2 Å². The summed E-state index contributed by atoms with van der Waals surface area (Å²) >= 11 is 1.71. The second-order valence-corrected chi connectivity index (χ2v) is 5.65. The van der Waals surface area contributed by atoms with Crippen molar-refractivity contribution < 1.29 is 4.79 Å². The average molecular weight is 301 g/mol. The molecule has 0 aromatic heterocycles. The van der Waals surface area contributed by atoms with Crippen LogP contribution in [0.1, 0.15) is 25.3 Å². The molecule has 0 spiro atoms. The third-order valence-corrected chi connectivity index (χ3v) is 4.31. The Bertz CT molecular complexity index is 439. The minimum absolute atomic E-state index is 0. The highest BCUT2D eigenvalue weighted by atomic mass is 35.5. The largest absolute Gasteiger partial charge is 0.398 e. The van der Waals surface area contributed by atoms with Gasteiger partial charge in [-0.15, -0.1) is 12.4 Å². The van der Waals surface area contributed by atoms with Gasteiger partial charge < -0.3 is 10.6 Å². The average Bonchev–Trinajstić information content (AvgIpc) is 2.39. The van der Waals surface area contributed by atoms with Gasteiger partial charge in [-0.3, -0.25) is 4.79 Å². The maximum Gasteiger partial charge on any atom is 0.236 e. The van der Waals surface area contributed by atoms with Crippen molar-refractivity contribution in [2.45, 2.75) is 26.2 Å². The van der Waals surface area contributed by atoms with Gasteiger partial charge in [0.05, 0.1) is 5.75 Å². The number of rotatable bonds is 4. The summed E-state index contributed by atoms with van der Waals surface area (Å²) in [6.07, 6.45) is 3.10. The molecule has 19 heavy (non-hydrogen) atoms. The normalized spacial score (nSPS) is 13.6. The van der Waals surface area contributed by atoms with Crippen LogP contribution in [0.2, 0.25) is 0 Å². The molecule has 0 saturated carbocycles.